The molecule has 6 nitrogen and oxygen atoms in total. The predicted octanol–water partition coefficient (Wildman–Crippen LogP) is 4.26. The van der Waals surface area contributed by atoms with Crippen LogP contribution in [-0.2, 0) is 14.3 Å². The van der Waals surface area contributed by atoms with E-state index >= 15 is 0 Å². The number of amides is 2. The third-order valence-corrected chi connectivity index (χ3v) is 6.17. The first-order valence-electron chi connectivity index (χ1n) is 9.43. The van der Waals surface area contributed by atoms with Crippen LogP contribution in [-0.4, -0.2) is 47.6 Å². The van der Waals surface area contributed by atoms with Gasteiger partial charge in [0.2, 0.25) is 0 Å². The molecule has 1 heterocycles. The van der Waals surface area contributed by atoms with Crippen molar-refractivity contribution in [3.8, 4) is 0 Å². The van der Waals surface area contributed by atoms with Gasteiger partial charge in [-0.05, 0) is 38.0 Å². The predicted molar refractivity (Wildman–Crippen MR) is 107 cm³/mol. The summed E-state index contributed by atoms with van der Waals surface area (Å²) in [5.74, 6) is -4.08. The summed E-state index contributed by atoms with van der Waals surface area (Å²) in [6.07, 6.45) is -2.89. The molecule has 1 saturated carbocycles. The monoisotopic (exact) mass is 478 g/mol. The molecule has 1 atom stereocenters. The average Bonchev–Trinajstić information content (AvgIpc) is 3.26. The molecule has 1 aliphatic heterocycles. The number of carbonyl (C=O) groups is 3. The van der Waals surface area contributed by atoms with Crippen molar-refractivity contribution >= 4 is 41.0 Å². The molecule has 3 rings (SSSR count). The second kappa shape index (κ2) is 8.35. The van der Waals surface area contributed by atoms with E-state index in [-0.39, 0.29) is 21.3 Å². The van der Waals surface area contributed by atoms with Crippen molar-refractivity contribution in [2.45, 2.75) is 50.4 Å². The molecule has 2 aliphatic rings. The van der Waals surface area contributed by atoms with E-state index in [0.717, 1.165) is 30.9 Å². The third-order valence-electron chi connectivity index (χ3n) is 5.62. The van der Waals surface area contributed by atoms with Gasteiger partial charge in [-0.2, -0.15) is 13.2 Å². The highest BCUT2D eigenvalue weighted by Crippen LogP contribution is 2.47. The van der Waals surface area contributed by atoms with Crippen LogP contribution in [0.25, 0.3) is 0 Å². The molecule has 0 saturated heterocycles. The van der Waals surface area contributed by atoms with Crippen LogP contribution in [0.5, 0.6) is 0 Å². The Morgan fingerprint density at radius 1 is 1.23 bits per heavy atom. The summed E-state index contributed by atoms with van der Waals surface area (Å²) >= 11 is 11.8. The molecule has 1 aliphatic carbocycles. The van der Waals surface area contributed by atoms with Gasteiger partial charge in [-0.25, -0.2) is 4.79 Å². The maximum Gasteiger partial charge on any atom is 0.425 e. The minimum Gasteiger partial charge on any atom is -0.466 e. The van der Waals surface area contributed by atoms with Crippen LogP contribution < -0.4 is 5.32 Å². The highest BCUT2D eigenvalue weighted by atomic mass is 35.5. The Morgan fingerprint density at radius 2 is 1.84 bits per heavy atom. The summed E-state index contributed by atoms with van der Waals surface area (Å²) in [4.78, 5) is 39.6. The number of carbonyl (C=O) groups excluding carboxylic acids is 3. The lowest BCUT2D eigenvalue weighted by Gasteiger charge is -2.34. The van der Waals surface area contributed by atoms with Crippen molar-refractivity contribution in [3.63, 3.8) is 0 Å². The van der Waals surface area contributed by atoms with Crippen LogP contribution in [0.2, 0.25) is 10.0 Å². The summed E-state index contributed by atoms with van der Waals surface area (Å²) < 4.78 is 48.2. The van der Waals surface area contributed by atoms with E-state index in [1.54, 1.807) is 5.32 Å². The van der Waals surface area contributed by atoms with Gasteiger partial charge in [-0.3, -0.25) is 9.59 Å². The van der Waals surface area contributed by atoms with Crippen molar-refractivity contribution in [3.05, 3.63) is 45.1 Å². The summed E-state index contributed by atoms with van der Waals surface area (Å²) in [5.41, 5.74) is -5.09. The second-order valence-electron chi connectivity index (χ2n) is 7.39. The number of halogens is 5. The van der Waals surface area contributed by atoms with E-state index in [9.17, 15) is 27.6 Å². The topological polar surface area (TPSA) is 75.7 Å². The minimum absolute atomic E-state index is 0.169. The van der Waals surface area contributed by atoms with Crippen LogP contribution in [0, 0.1) is 0 Å². The maximum absolute atomic E-state index is 14.5. The van der Waals surface area contributed by atoms with E-state index in [1.807, 2.05) is 0 Å². The lowest BCUT2D eigenvalue weighted by molar-refractivity contribution is -0.192. The molecule has 0 spiro atoms. The zero-order valence-electron chi connectivity index (χ0n) is 16.6. The number of hydrogen-bond donors (Lipinski definition) is 1. The normalized spacial score (nSPS) is 22.3. The van der Waals surface area contributed by atoms with E-state index in [4.69, 9.17) is 23.2 Å². The van der Waals surface area contributed by atoms with Gasteiger partial charge in [0, 0.05) is 16.8 Å². The first kappa shape index (κ1) is 23.4. The molecule has 0 aromatic heterocycles. The number of methoxy groups -OCH3 is 1. The summed E-state index contributed by atoms with van der Waals surface area (Å²) in [6, 6.07) is 3.08. The Kier molecular flexibility index (Phi) is 6.30. The molecular weight excluding hydrogens is 460 g/mol. The molecule has 1 fully saturated rings. The summed E-state index contributed by atoms with van der Waals surface area (Å²) in [7, 11) is 0.907. The first-order valence-corrected chi connectivity index (χ1v) is 10.2. The number of rotatable bonds is 4. The molecule has 0 bridgehead atoms. The number of nitrogens with zero attached hydrogens (tertiary/aromatic N) is 1. The molecule has 31 heavy (non-hydrogen) atoms. The molecule has 168 valence electrons. The number of esters is 1. The minimum atomic E-state index is -5.34. The van der Waals surface area contributed by atoms with Gasteiger partial charge in [-0.1, -0.05) is 36.0 Å². The fourth-order valence-corrected chi connectivity index (χ4v) is 4.69. The number of ether oxygens (including phenoxy) is 1. The Balaban J connectivity index is 2.16. The molecule has 1 aromatic rings. The fraction of sp³-hybridized carbons (Fsp3) is 0.450. The van der Waals surface area contributed by atoms with Crippen LogP contribution in [0.4, 0.5) is 13.2 Å². The lowest BCUT2D eigenvalue weighted by atomic mass is 9.88. The van der Waals surface area contributed by atoms with Crippen molar-refractivity contribution < 1.29 is 32.3 Å². The van der Waals surface area contributed by atoms with Gasteiger partial charge in [0.15, 0.2) is 0 Å². The van der Waals surface area contributed by atoms with E-state index in [2.05, 4.69) is 4.74 Å². The maximum atomic E-state index is 14.5. The van der Waals surface area contributed by atoms with Crippen molar-refractivity contribution in [1.82, 2.24) is 10.2 Å². The largest absolute Gasteiger partial charge is 0.466 e. The van der Waals surface area contributed by atoms with Gasteiger partial charge in [-0.15, -0.1) is 0 Å². The van der Waals surface area contributed by atoms with Crippen molar-refractivity contribution in [2.75, 3.05) is 7.11 Å². The Bertz CT molecular complexity index is 974. The Labute approximate surface area is 186 Å². The van der Waals surface area contributed by atoms with Gasteiger partial charge < -0.3 is 15.0 Å². The van der Waals surface area contributed by atoms with Gasteiger partial charge >= 0.3 is 12.1 Å². The van der Waals surface area contributed by atoms with E-state index < -0.39 is 41.1 Å². The number of nitrogens with one attached hydrogen (secondary N) is 1. The Morgan fingerprint density at radius 3 is 2.35 bits per heavy atom. The fourth-order valence-electron chi connectivity index (χ4n) is 4.20. The van der Waals surface area contributed by atoms with Crippen LogP contribution >= 0.6 is 23.2 Å². The standard InChI is InChI=1S/C20H19Cl2F3N2O4/c1-10-15(17(29)31-2)19(20(23,24)25,18(30)27(10)12-5-3-4-6-12)26-16(28)13-8-7-11(21)9-14(13)22/h7-9,12H,3-6H2,1-2H3,(H,26,28)/t19-/m1/s1. The quantitative estimate of drug-likeness (QED) is 0.656. The first-order chi connectivity index (χ1) is 14.5. The van der Waals surface area contributed by atoms with E-state index in [0.29, 0.717) is 12.8 Å². The molecule has 11 heteroatoms. The summed E-state index contributed by atoms with van der Waals surface area (Å²) in [6.45, 7) is 1.25. The van der Waals surface area contributed by atoms with Gasteiger partial charge in [0.05, 0.1) is 17.7 Å². The number of hydrogen-bond acceptors (Lipinski definition) is 4. The highest BCUT2D eigenvalue weighted by molar-refractivity contribution is 6.36. The van der Waals surface area contributed by atoms with Crippen molar-refractivity contribution in [1.29, 1.82) is 0 Å². The molecule has 1 aromatic carbocycles. The SMILES string of the molecule is COC(=O)C1=C(C)N(C2CCCC2)C(=O)[C@@]1(NC(=O)c1ccc(Cl)cc1Cl)C(F)(F)F. The van der Waals surface area contributed by atoms with Gasteiger partial charge in [0.25, 0.3) is 17.4 Å². The summed E-state index contributed by atoms with van der Waals surface area (Å²) in [5, 5.41) is 1.73. The highest BCUT2D eigenvalue weighted by Gasteiger charge is 2.71. The lowest BCUT2D eigenvalue weighted by Crippen LogP contribution is -2.66. The number of allylic oxidation sites excluding steroid dienone is 1. The third kappa shape index (κ3) is 3.78. The zero-order valence-corrected chi connectivity index (χ0v) is 18.1. The zero-order chi connectivity index (χ0) is 23.1. The van der Waals surface area contributed by atoms with Gasteiger partial charge in [0.1, 0.15) is 5.57 Å². The molecule has 0 radical (unpaired) electrons. The second-order valence-corrected chi connectivity index (χ2v) is 8.24. The van der Waals surface area contributed by atoms with Crippen LogP contribution in [0.15, 0.2) is 29.5 Å². The number of benzene rings is 1. The molecule has 0 unspecified atom stereocenters. The number of alkyl halides is 3. The molecule has 1 N–H and O–H groups in total. The van der Waals surface area contributed by atoms with Crippen LogP contribution in [0.3, 0.4) is 0 Å². The van der Waals surface area contributed by atoms with E-state index in [1.165, 1.54) is 19.1 Å². The molecular formula is C20H19Cl2F3N2O4. The van der Waals surface area contributed by atoms with Crippen molar-refractivity contribution in [2.24, 2.45) is 0 Å². The van der Waals surface area contributed by atoms with Crippen LogP contribution in [0.1, 0.15) is 43.0 Å². The molecule has 2 amide bonds. The Hall–Kier alpha value is -2.26. The average molecular weight is 479 g/mol. The smallest absolute Gasteiger partial charge is 0.425 e.